The Bertz CT molecular complexity index is 184. The van der Waals surface area contributed by atoms with Crippen molar-refractivity contribution in [2.24, 2.45) is 0 Å². The Morgan fingerprint density at radius 3 is 2.45 bits per heavy atom. The van der Waals surface area contributed by atoms with Crippen molar-refractivity contribution in [3.8, 4) is 0 Å². The van der Waals surface area contributed by atoms with Crippen LogP contribution in [-0.2, 0) is 0 Å². The molecule has 0 heterocycles. The van der Waals surface area contributed by atoms with Crippen LogP contribution in [0.25, 0.3) is 0 Å². The van der Waals surface area contributed by atoms with Crippen LogP contribution >= 0.6 is 21.9 Å². The summed E-state index contributed by atoms with van der Waals surface area (Å²) in [5.41, 5.74) is 0. The first-order valence-electron chi connectivity index (χ1n) is 3.45. The van der Waals surface area contributed by atoms with Gasteiger partial charge in [0, 0.05) is 4.91 Å². The topological polar surface area (TPSA) is 0 Å². The van der Waals surface area contributed by atoms with Crippen molar-refractivity contribution in [1.29, 1.82) is 0 Å². The first-order chi connectivity index (χ1) is 4.95. The second-order valence-electron chi connectivity index (χ2n) is 2.98. The van der Waals surface area contributed by atoms with Gasteiger partial charge >= 0.3 is 0 Å². The van der Waals surface area contributed by atoms with Crippen LogP contribution in [-0.4, -0.2) is 5.16 Å². The lowest BCUT2D eigenvalue weighted by Crippen LogP contribution is -2.01. The van der Waals surface area contributed by atoms with Crippen LogP contribution in [0.3, 0.4) is 0 Å². The van der Waals surface area contributed by atoms with E-state index in [2.05, 4.69) is 48.4 Å². The zero-order valence-electron chi connectivity index (χ0n) is 7.04. The van der Waals surface area contributed by atoms with Gasteiger partial charge in [-0.05, 0) is 11.2 Å². The predicted molar refractivity (Wildman–Crippen MR) is 60.2 cm³/mol. The largest absolute Gasteiger partial charge is 0.143 e. The van der Waals surface area contributed by atoms with Crippen molar-refractivity contribution in [3.05, 3.63) is 35.8 Å². The van der Waals surface area contributed by atoms with E-state index < -0.39 is 0 Å². The van der Waals surface area contributed by atoms with Crippen molar-refractivity contribution in [3.63, 3.8) is 0 Å². The number of rotatable bonds is 3. The maximum atomic E-state index is 4.14. The molecule has 0 radical (unpaired) electrons. The molecule has 0 aliphatic carbocycles. The lowest BCUT2D eigenvalue weighted by atomic mass is 10.2. The maximum Gasteiger partial charge on any atom is 0.00339 e. The van der Waals surface area contributed by atoms with Crippen molar-refractivity contribution >= 4 is 21.9 Å². The molecule has 0 aliphatic rings. The molecule has 1 unspecified atom stereocenters. The summed E-state index contributed by atoms with van der Waals surface area (Å²) in [6.45, 7) is 7.83. The van der Waals surface area contributed by atoms with E-state index in [9.17, 15) is 0 Å². The standard InChI is InChI=1S/C9H15PS/c1-4-8(11)6-5-7-9(2,3)10/h4-7,11H,1,10H2,2-3H3/b7-5-,8-6+. The summed E-state index contributed by atoms with van der Waals surface area (Å²) in [5, 5.41) is 0.158. The smallest absolute Gasteiger partial charge is 0.00339 e. The second kappa shape index (κ2) is 4.79. The highest BCUT2D eigenvalue weighted by molar-refractivity contribution is 7.84. The fraction of sp³-hybridized carbons (Fsp3) is 0.333. The van der Waals surface area contributed by atoms with Gasteiger partial charge in [-0.3, -0.25) is 0 Å². The minimum atomic E-state index is 0.158. The van der Waals surface area contributed by atoms with Crippen LogP contribution < -0.4 is 0 Å². The molecule has 62 valence electrons. The molecular formula is C9H15PS. The molecule has 1 atom stereocenters. The monoisotopic (exact) mass is 186 g/mol. The summed E-state index contributed by atoms with van der Waals surface area (Å²) in [6, 6.07) is 0. The summed E-state index contributed by atoms with van der Waals surface area (Å²) in [7, 11) is 2.75. The molecule has 0 fully saturated rings. The van der Waals surface area contributed by atoms with Gasteiger partial charge < -0.3 is 0 Å². The molecule has 0 aromatic carbocycles. The normalized spacial score (nSPS) is 14.0. The zero-order valence-corrected chi connectivity index (χ0v) is 9.09. The van der Waals surface area contributed by atoms with E-state index in [1.54, 1.807) is 6.08 Å². The van der Waals surface area contributed by atoms with Crippen molar-refractivity contribution < 1.29 is 0 Å². The summed E-state index contributed by atoms with van der Waals surface area (Å²) in [6.07, 6.45) is 7.71. The van der Waals surface area contributed by atoms with Crippen LogP contribution in [0.4, 0.5) is 0 Å². The average molecular weight is 186 g/mol. The highest BCUT2D eigenvalue weighted by Gasteiger charge is 2.01. The molecule has 0 aliphatic heterocycles. The van der Waals surface area contributed by atoms with Gasteiger partial charge in [0.25, 0.3) is 0 Å². The molecule has 11 heavy (non-hydrogen) atoms. The predicted octanol–water partition coefficient (Wildman–Crippen LogP) is 3.20. The minimum Gasteiger partial charge on any atom is -0.143 e. The Labute approximate surface area is 77.1 Å². The molecule has 0 aromatic rings. The number of allylic oxidation sites excluding steroid dienone is 4. The number of thiol groups is 1. The first kappa shape index (κ1) is 11.0. The fourth-order valence-corrected chi connectivity index (χ4v) is 0.660. The zero-order chi connectivity index (χ0) is 8.91. The van der Waals surface area contributed by atoms with E-state index in [1.807, 2.05) is 12.2 Å². The number of hydrogen-bond donors (Lipinski definition) is 1. The molecule has 0 rings (SSSR count). The lowest BCUT2D eigenvalue weighted by Gasteiger charge is -2.09. The number of hydrogen-bond acceptors (Lipinski definition) is 1. The highest BCUT2D eigenvalue weighted by Crippen LogP contribution is 2.17. The Kier molecular flexibility index (Phi) is 4.79. The van der Waals surface area contributed by atoms with Crippen molar-refractivity contribution in [1.82, 2.24) is 0 Å². The summed E-state index contributed by atoms with van der Waals surface area (Å²) in [5.74, 6) is 0. The van der Waals surface area contributed by atoms with E-state index in [-0.39, 0.29) is 5.16 Å². The van der Waals surface area contributed by atoms with Gasteiger partial charge in [0.05, 0.1) is 0 Å². The molecule has 0 aromatic heterocycles. The quantitative estimate of drug-likeness (QED) is 0.390. The highest BCUT2D eigenvalue weighted by atomic mass is 32.1. The average Bonchev–Trinajstić information content (AvgIpc) is 1.85. The molecule has 0 amide bonds. The molecule has 2 heteroatoms. The second-order valence-corrected chi connectivity index (χ2v) is 4.98. The van der Waals surface area contributed by atoms with Gasteiger partial charge in [0.2, 0.25) is 0 Å². The minimum absolute atomic E-state index is 0.158. The van der Waals surface area contributed by atoms with Gasteiger partial charge in [0.1, 0.15) is 0 Å². The van der Waals surface area contributed by atoms with Gasteiger partial charge in [-0.1, -0.05) is 38.7 Å². The van der Waals surface area contributed by atoms with Crippen molar-refractivity contribution in [2.45, 2.75) is 19.0 Å². The van der Waals surface area contributed by atoms with E-state index in [0.717, 1.165) is 4.91 Å². The third kappa shape index (κ3) is 7.90. The molecule has 0 spiro atoms. The van der Waals surface area contributed by atoms with Crippen LogP contribution in [0.15, 0.2) is 35.8 Å². The van der Waals surface area contributed by atoms with Crippen LogP contribution in [0.5, 0.6) is 0 Å². The molecule has 0 N–H and O–H groups in total. The lowest BCUT2D eigenvalue weighted by molar-refractivity contribution is 0.900. The fourth-order valence-electron chi connectivity index (χ4n) is 0.463. The Morgan fingerprint density at radius 2 is 2.09 bits per heavy atom. The van der Waals surface area contributed by atoms with E-state index in [0.29, 0.717) is 0 Å². The van der Waals surface area contributed by atoms with Gasteiger partial charge in [-0.25, -0.2) is 0 Å². The summed E-state index contributed by atoms with van der Waals surface area (Å²) >= 11 is 4.14. The van der Waals surface area contributed by atoms with Crippen LogP contribution in [0.1, 0.15) is 13.8 Å². The van der Waals surface area contributed by atoms with Crippen molar-refractivity contribution in [2.75, 3.05) is 0 Å². The summed E-state index contributed by atoms with van der Waals surface area (Å²) < 4.78 is 0. The molecular weight excluding hydrogens is 171 g/mol. The third-order valence-electron chi connectivity index (χ3n) is 1.00. The first-order valence-corrected chi connectivity index (χ1v) is 4.48. The van der Waals surface area contributed by atoms with Gasteiger partial charge in [0.15, 0.2) is 0 Å². The molecule has 0 saturated heterocycles. The molecule has 0 saturated carbocycles. The molecule has 0 nitrogen and oxygen atoms in total. The van der Waals surface area contributed by atoms with E-state index in [1.165, 1.54) is 0 Å². The Morgan fingerprint density at radius 1 is 1.55 bits per heavy atom. The van der Waals surface area contributed by atoms with E-state index in [4.69, 9.17) is 0 Å². The SMILES string of the molecule is C=C/C(S)=C\C=C/C(C)(C)P. The summed E-state index contributed by atoms with van der Waals surface area (Å²) in [4.78, 5) is 0.885. The molecule has 0 bridgehead atoms. The van der Waals surface area contributed by atoms with E-state index >= 15 is 0 Å². The van der Waals surface area contributed by atoms with Crippen LogP contribution in [0, 0.1) is 0 Å². The Balaban J connectivity index is 4.06. The maximum absolute atomic E-state index is 4.14. The Hall–Kier alpha value is -0.0000000000000000555. The van der Waals surface area contributed by atoms with Gasteiger partial charge in [-0.15, -0.1) is 21.9 Å². The van der Waals surface area contributed by atoms with Crippen LogP contribution in [0.2, 0.25) is 0 Å². The third-order valence-corrected chi connectivity index (χ3v) is 1.53. The van der Waals surface area contributed by atoms with Gasteiger partial charge in [-0.2, -0.15) is 0 Å².